The lowest BCUT2D eigenvalue weighted by Gasteiger charge is -2.39. The van der Waals surface area contributed by atoms with E-state index < -0.39 is 14.6 Å². The number of nitrogens with one attached hydrogen (secondary N) is 1. The average Bonchev–Trinajstić information content (AvgIpc) is 2.45. The van der Waals surface area contributed by atoms with Crippen molar-refractivity contribution in [2.75, 3.05) is 25.9 Å². The molecule has 0 bridgehead atoms. The van der Waals surface area contributed by atoms with Gasteiger partial charge in [0.05, 0.1) is 10.5 Å². The van der Waals surface area contributed by atoms with Crippen molar-refractivity contribution in [1.29, 1.82) is 0 Å². The number of halogens is 1. The van der Waals surface area contributed by atoms with Crippen LogP contribution in [0.15, 0.2) is 33.7 Å². The van der Waals surface area contributed by atoms with E-state index in [9.17, 15) is 8.42 Å². The Morgan fingerprint density at radius 1 is 1.41 bits per heavy atom. The fourth-order valence-electron chi connectivity index (χ4n) is 2.47. The van der Waals surface area contributed by atoms with E-state index in [1.54, 1.807) is 20.9 Å². The zero-order valence-corrected chi connectivity index (χ0v) is 15.5. The van der Waals surface area contributed by atoms with Crippen LogP contribution in [0.1, 0.15) is 19.4 Å². The summed E-state index contributed by atoms with van der Waals surface area (Å²) in [5.74, 6) is 0.897. The fraction of sp³-hybridized carbons (Fsp3) is 0.533. The van der Waals surface area contributed by atoms with Gasteiger partial charge in [-0.25, -0.2) is 8.42 Å². The van der Waals surface area contributed by atoms with Gasteiger partial charge in [-0.15, -0.1) is 0 Å². The molecular weight excluding hydrogens is 366 g/mol. The molecule has 1 aromatic rings. The van der Waals surface area contributed by atoms with Gasteiger partial charge >= 0.3 is 0 Å². The lowest BCUT2D eigenvalue weighted by atomic mass is 10.2. The molecule has 7 heteroatoms. The maximum atomic E-state index is 12.1. The number of sulfone groups is 1. The SMILES string of the molecule is CN=C(NCc1ccccc1Br)N1CCS(=O)(=O)C(C)(C)C1. The fourth-order valence-corrected chi connectivity index (χ4v) is 4.26. The molecule has 5 nitrogen and oxygen atoms in total. The molecule has 1 fully saturated rings. The third kappa shape index (κ3) is 3.63. The first-order valence-corrected chi connectivity index (χ1v) is 9.63. The van der Waals surface area contributed by atoms with E-state index in [0.29, 0.717) is 19.6 Å². The van der Waals surface area contributed by atoms with Gasteiger partial charge in [0.2, 0.25) is 0 Å². The van der Waals surface area contributed by atoms with Crippen molar-refractivity contribution in [2.45, 2.75) is 25.1 Å². The number of aliphatic imine (C=N–C) groups is 1. The highest BCUT2D eigenvalue weighted by molar-refractivity contribution is 9.10. The summed E-state index contributed by atoms with van der Waals surface area (Å²) in [5.41, 5.74) is 1.13. The first kappa shape index (κ1) is 17.3. The van der Waals surface area contributed by atoms with Crippen LogP contribution < -0.4 is 5.32 Å². The number of guanidine groups is 1. The molecular formula is C15H22BrN3O2S. The quantitative estimate of drug-likeness (QED) is 0.622. The Morgan fingerprint density at radius 3 is 2.68 bits per heavy atom. The standard InChI is InChI=1S/C15H22BrN3O2S/c1-15(2)11-19(8-9-22(15,20)21)14(17-3)18-10-12-6-4-5-7-13(12)16/h4-7H,8-11H2,1-3H3,(H,17,18). The van der Waals surface area contributed by atoms with E-state index in [0.717, 1.165) is 16.0 Å². The minimum Gasteiger partial charge on any atom is -0.352 e. The van der Waals surface area contributed by atoms with Gasteiger partial charge in [0, 0.05) is 31.2 Å². The number of nitrogens with zero attached hydrogens (tertiary/aromatic N) is 2. The molecule has 0 atom stereocenters. The Labute approximate surface area is 140 Å². The van der Waals surface area contributed by atoms with Crippen molar-refractivity contribution in [1.82, 2.24) is 10.2 Å². The van der Waals surface area contributed by atoms with Gasteiger partial charge in [0.25, 0.3) is 0 Å². The molecule has 0 saturated carbocycles. The molecule has 0 unspecified atom stereocenters. The molecule has 0 spiro atoms. The summed E-state index contributed by atoms with van der Waals surface area (Å²) in [6.45, 7) is 5.11. The van der Waals surface area contributed by atoms with Gasteiger partial charge in [0.1, 0.15) is 0 Å². The van der Waals surface area contributed by atoms with E-state index in [1.165, 1.54) is 0 Å². The monoisotopic (exact) mass is 387 g/mol. The number of benzene rings is 1. The average molecular weight is 388 g/mol. The molecule has 0 aromatic heterocycles. The third-order valence-corrected chi connectivity index (χ3v) is 7.26. The summed E-state index contributed by atoms with van der Waals surface area (Å²) in [4.78, 5) is 6.30. The lowest BCUT2D eigenvalue weighted by molar-refractivity contribution is 0.353. The second-order valence-corrected chi connectivity index (χ2v) is 9.59. The topological polar surface area (TPSA) is 61.8 Å². The van der Waals surface area contributed by atoms with Crippen molar-refractivity contribution < 1.29 is 8.42 Å². The molecule has 1 N–H and O–H groups in total. The van der Waals surface area contributed by atoms with E-state index in [1.807, 2.05) is 29.2 Å². The maximum absolute atomic E-state index is 12.1. The molecule has 0 radical (unpaired) electrons. The second kappa shape index (κ2) is 6.58. The van der Waals surface area contributed by atoms with Crippen LogP contribution in [-0.2, 0) is 16.4 Å². The van der Waals surface area contributed by atoms with Crippen LogP contribution in [0.25, 0.3) is 0 Å². The molecule has 0 amide bonds. The highest BCUT2D eigenvalue weighted by Gasteiger charge is 2.40. The van der Waals surface area contributed by atoms with Gasteiger partial charge in [-0.2, -0.15) is 0 Å². The van der Waals surface area contributed by atoms with Crippen molar-refractivity contribution in [3.63, 3.8) is 0 Å². The zero-order valence-electron chi connectivity index (χ0n) is 13.1. The van der Waals surface area contributed by atoms with Crippen LogP contribution in [0, 0.1) is 0 Å². The molecule has 122 valence electrons. The minimum absolute atomic E-state index is 0.162. The largest absolute Gasteiger partial charge is 0.352 e. The molecule has 1 saturated heterocycles. The van der Waals surface area contributed by atoms with E-state index in [4.69, 9.17) is 0 Å². The van der Waals surface area contributed by atoms with E-state index in [2.05, 4.69) is 26.2 Å². The summed E-state index contributed by atoms with van der Waals surface area (Å²) >= 11 is 3.52. The molecule has 1 aromatic carbocycles. The van der Waals surface area contributed by atoms with Gasteiger partial charge in [-0.05, 0) is 25.5 Å². The van der Waals surface area contributed by atoms with Crippen molar-refractivity contribution in [3.05, 3.63) is 34.3 Å². The van der Waals surface area contributed by atoms with Crippen molar-refractivity contribution in [3.8, 4) is 0 Å². The summed E-state index contributed by atoms with van der Waals surface area (Å²) in [5, 5.41) is 3.31. The summed E-state index contributed by atoms with van der Waals surface area (Å²) < 4.78 is 24.5. The molecule has 1 aliphatic heterocycles. The van der Waals surface area contributed by atoms with Crippen LogP contribution >= 0.6 is 15.9 Å². The van der Waals surface area contributed by atoms with E-state index >= 15 is 0 Å². The molecule has 0 aliphatic carbocycles. The van der Waals surface area contributed by atoms with Crippen LogP contribution in [-0.4, -0.2) is 49.9 Å². The van der Waals surface area contributed by atoms with Gasteiger partial charge < -0.3 is 10.2 Å². The molecule has 22 heavy (non-hydrogen) atoms. The van der Waals surface area contributed by atoms with Gasteiger partial charge in [-0.1, -0.05) is 34.1 Å². The molecule has 1 aliphatic rings. The molecule has 2 rings (SSSR count). The second-order valence-electron chi connectivity index (χ2n) is 5.99. The van der Waals surface area contributed by atoms with Crippen molar-refractivity contribution in [2.24, 2.45) is 4.99 Å². The van der Waals surface area contributed by atoms with Crippen LogP contribution in [0.4, 0.5) is 0 Å². The van der Waals surface area contributed by atoms with E-state index in [-0.39, 0.29) is 5.75 Å². The normalized spacial score (nSPS) is 20.7. The minimum atomic E-state index is -3.04. The Hall–Kier alpha value is -1.08. The highest BCUT2D eigenvalue weighted by Crippen LogP contribution is 2.24. The Kier molecular flexibility index (Phi) is 5.17. The predicted octanol–water partition coefficient (Wildman–Crippen LogP) is 2.03. The Bertz CT molecular complexity index is 671. The third-order valence-electron chi connectivity index (χ3n) is 3.95. The first-order chi connectivity index (χ1) is 10.3. The van der Waals surface area contributed by atoms with Gasteiger partial charge in [0.15, 0.2) is 15.8 Å². The number of hydrogen-bond donors (Lipinski definition) is 1. The number of hydrogen-bond acceptors (Lipinski definition) is 3. The summed E-state index contributed by atoms with van der Waals surface area (Å²) in [6, 6.07) is 7.99. The molecule has 1 heterocycles. The highest BCUT2D eigenvalue weighted by atomic mass is 79.9. The maximum Gasteiger partial charge on any atom is 0.193 e. The van der Waals surface area contributed by atoms with Crippen LogP contribution in [0.2, 0.25) is 0 Å². The lowest BCUT2D eigenvalue weighted by Crippen LogP contribution is -2.57. The van der Waals surface area contributed by atoms with Crippen LogP contribution in [0.3, 0.4) is 0 Å². The first-order valence-electron chi connectivity index (χ1n) is 7.18. The zero-order chi connectivity index (χ0) is 16.4. The number of rotatable bonds is 2. The smallest absolute Gasteiger partial charge is 0.193 e. The van der Waals surface area contributed by atoms with Crippen molar-refractivity contribution >= 4 is 31.7 Å². The summed E-state index contributed by atoms with van der Waals surface area (Å²) in [6.07, 6.45) is 0. The predicted molar refractivity (Wildman–Crippen MR) is 93.8 cm³/mol. The Balaban J connectivity index is 2.06. The summed E-state index contributed by atoms with van der Waals surface area (Å²) in [7, 11) is -1.32. The Morgan fingerprint density at radius 2 is 2.09 bits per heavy atom. The van der Waals surface area contributed by atoms with Gasteiger partial charge in [-0.3, -0.25) is 4.99 Å². The van der Waals surface area contributed by atoms with Crippen LogP contribution in [0.5, 0.6) is 0 Å².